The number of carbonyl (C=O) groups is 1. The topological polar surface area (TPSA) is 151 Å². The number of hydrazine groups is 1. The molecular formula is C31H34N6O6. The van der Waals surface area contributed by atoms with E-state index in [1.54, 1.807) is 31.4 Å². The van der Waals surface area contributed by atoms with E-state index in [1.807, 2.05) is 53.5 Å². The molecule has 1 fully saturated rings. The van der Waals surface area contributed by atoms with Crippen molar-refractivity contribution in [2.75, 3.05) is 46.6 Å². The number of methoxy groups -OCH3 is 1. The van der Waals surface area contributed by atoms with Gasteiger partial charge in [-0.15, -0.1) is 0 Å². The van der Waals surface area contributed by atoms with E-state index in [0.717, 1.165) is 0 Å². The highest BCUT2D eigenvalue weighted by Gasteiger charge is 2.54. The van der Waals surface area contributed by atoms with Crippen LogP contribution in [0.3, 0.4) is 0 Å². The highest BCUT2D eigenvalue weighted by atomic mass is 16.5. The molecule has 0 saturated carbocycles. The minimum atomic E-state index is -1.49. The van der Waals surface area contributed by atoms with E-state index in [0.29, 0.717) is 73.2 Å². The normalized spacial score (nSPS) is 20.0. The van der Waals surface area contributed by atoms with E-state index in [4.69, 9.17) is 29.0 Å². The zero-order chi connectivity index (χ0) is 30.1. The molecule has 0 radical (unpaired) electrons. The Morgan fingerprint density at radius 2 is 1.93 bits per heavy atom. The summed E-state index contributed by atoms with van der Waals surface area (Å²) in [6, 6.07) is 21.7. The molecule has 0 unspecified atom stereocenters. The van der Waals surface area contributed by atoms with Gasteiger partial charge in [-0.25, -0.2) is 10.0 Å². The summed E-state index contributed by atoms with van der Waals surface area (Å²) >= 11 is 0. The molecule has 2 aliphatic heterocycles. The fourth-order valence-electron chi connectivity index (χ4n) is 5.10. The summed E-state index contributed by atoms with van der Waals surface area (Å²) in [6.07, 6.45) is -0.234. The second-order valence-electron chi connectivity index (χ2n) is 10.1. The van der Waals surface area contributed by atoms with Crippen LogP contribution in [0.1, 0.15) is 29.2 Å². The van der Waals surface area contributed by atoms with Gasteiger partial charge < -0.3 is 24.1 Å². The molecule has 224 valence electrons. The van der Waals surface area contributed by atoms with Crippen molar-refractivity contribution in [3.05, 3.63) is 99.9 Å². The van der Waals surface area contributed by atoms with Crippen molar-refractivity contribution in [3.8, 4) is 11.5 Å². The molecule has 0 aliphatic carbocycles. The molecule has 0 spiro atoms. The summed E-state index contributed by atoms with van der Waals surface area (Å²) in [6.45, 7) is 2.47. The SMILES string of the molecule is COc1cccc([C@@H]2OC(c3ccc(OCCCO)cc3)=N[C@]2(Cc2ccccc2N=[N+]=[N-])C(=O)NN2CCOCC2)c1. The maximum Gasteiger partial charge on any atom is 0.266 e. The first-order chi connectivity index (χ1) is 21.1. The van der Waals surface area contributed by atoms with E-state index < -0.39 is 11.6 Å². The third-order valence-corrected chi connectivity index (χ3v) is 7.30. The van der Waals surface area contributed by atoms with Gasteiger partial charge in [0.25, 0.3) is 5.91 Å². The number of hydrogen-bond acceptors (Lipinski definition) is 9. The number of aliphatic hydroxyl groups excluding tert-OH is 1. The molecule has 2 N–H and O–H groups in total. The van der Waals surface area contributed by atoms with Crippen molar-refractivity contribution >= 4 is 17.5 Å². The number of benzene rings is 3. The first kappa shape index (κ1) is 29.9. The number of amides is 1. The Balaban J connectivity index is 1.61. The van der Waals surface area contributed by atoms with Crippen molar-refractivity contribution in [3.63, 3.8) is 0 Å². The Kier molecular flexibility index (Phi) is 9.75. The van der Waals surface area contributed by atoms with Crippen LogP contribution in [-0.4, -0.2) is 74.1 Å². The average Bonchev–Trinajstić information content (AvgIpc) is 3.43. The molecule has 3 aromatic rings. The lowest BCUT2D eigenvalue weighted by Crippen LogP contribution is -2.57. The van der Waals surface area contributed by atoms with Gasteiger partial charge in [0.15, 0.2) is 11.6 Å². The third-order valence-electron chi connectivity index (χ3n) is 7.30. The van der Waals surface area contributed by atoms with E-state index in [-0.39, 0.29) is 24.8 Å². The van der Waals surface area contributed by atoms with Crippen molar-refractivity contribution < 1.29 is 28.8 Å². The molecule has 12 heteroatoms. The van der Waals surface area contributed by atoms with Crippen LogP contribution in [0.4, 0.5) is 5.69 Å². The van der Waals surface area contributed by atoms with Crippen LogP contribution in [0.25, 0.3) is 10.4 Å². The molecule has 0 bridgehead atoms. The van der Waals surface area contributed by atoms with Crippen LogP contribution in [0.15, 0.2) is 82.9 Å². The summed E-state index contributed by atoms with van der Waals surface area (Å²) in [5.74, 6) is 1.17. The first-order valence-electron chi connectivity index (χ1n) is 14.1. The van der Waals surface area contributed by atoms with Gasteiger partial charge in [-0.1, -0.05) is 41.5 Å². The summed E-state index contributed by atoms with van der Waals surface area (Å²) in [7, 11) is 1.58. The predicted octanol–water partition coefficient (Wildman–Crippen LogP) is 4.26. The fraction of sp³-hybridized carbons (Fsp3) is 0.355. The molecule has 1 amide bonds. The Bertz CT molecular complexity index is 1490. The van der Waals surface area contributed by atoms with Crippen molar-refractivity contribution in [1.82, 2.24) is 10.4 Å². The van der Waals surface area contributed by atoms with Gasteiger partial charge in [0.05, 0.1) is 26.9 Å². The zero-order valence-corrected chi connectivity index (χ0v) is 23.9. The van der Waals surface area contributed by atoms with E-state index >= 15 is 0 Å². The lowest BCUT2D eigenvalue weighted by molar-refractivity contribution is -0.136. The first-order valence-corrected chi connectivity index (χ1v) is 14.1. The number of hydrogen-bond donors (Lipinski definition) is 2. The monoisotopic (exact) mass is 586 g/mol. The van der Waals surface area contributed by atoms with Crippen molar-refractivity contribution in [1.29, 1.82) is 0 Å². The van der Waals surface area contributed by atoms with Gasteiger partial charge in [0.2, 0.25) is 5.90 Å². The Labute approximate surface area is 249 Å². The molecular weight excluding hydrogens is 552 g/mol. The molecule has 43 heavy (non-hydrogen) atoms. The highest BCUT2D eigenvalue weighted by molar-refractivity contribution is 6.01. The summed E-state index contributed by atoms with van der Waals surface area (Å²) in [5.41, 5.74) is 13.2. The number of ether oxygens (including phenoxy) is 4. The summed E-state index contributed by atoms with van der Waals surface area (Å²) in [4.78, 5) is 22.5. The van der Waals surface area contributed by atoms with Gasteiger partial charge in [-0.2, -0.15) is 0 Å². The number of morpholine rings is 1. The molecule has 0 aromatic heterocycles. The maximum absolute atomic E-state index is 14.5. The smallest absolute Gasteiger partial charge is 0.266 e. The Morgan fingerprint density at radius 1 is 1.14 bits per heavy atom. The third kappa shape index (κ3) is 6.90. The largest absolute Gasteiger partial charge is 0.497 e. The quantitative estimate of drug-likeness (QED) is 0.139. The van der Waals surface area contributed by atoms with E-state index in [9.17, 15) is 10.3 Å². The zero-order valence-electron chi connectivity index (χ0n) is 23.9. The van der Waals surface area contributed by atoms with Gasteiger partial charge in [-0.3, -0.25) is 10.2 Å². The van der Waals surface area contributed by atoms with Crippen LogP contribution < -0.4 is 14.9 Å². The summed E-state index contributed by atoms with van der Waals surface area (Å²) in [5, 5.41) is 14.7. The Hall–Kier alpha value is -4.61. The maximum atomic E-state index is 14.5. The minimum absolute atomic E-state index is 0.0474. The molecule has 12 nitrogen and oxygen atoms in total. The Morgan fingerprint density at radius 3 is 2.67 bits per heavy atom. The molecule has 5 rings (SSSR count). The molecule has 2 atom stereocenters. The number of nitrogens with one attached hydrogen (secondary N) is 1. The van der Waals surface area contributed by atoms with Gasteiger partial charge in [-0.05, 0) is 53.1 Å². The number of carbonyl (C=O) groups excluding carboxylic acids is 1. The number of rotatable bonds is 12. The van der Waals surface area contributed by atoms with E-state index in [1.165, 1.54) is 0 Å². The van der Waals surface area contributed by atoms with Crippen molar-refractivity contribution in [2.24, 2.45) is 10.1 Å². The lowest BCUT2D eigenvalue weighted by Gasteiger charge is -2.35. The van der Waals surface area contributed by atoms with Crippen LogP contribution in [0.2, 0.25) is 0 Å². The number of azide groups is 1. The van der Waals surface area contributed by atoms with Crippen LogP contribution in [0.5, 0.6) is 11.5 Å². The predicted molar refractivity (Wildman–Crippen MR) is 159 cm³/mol. The second kappa shape index (κ2) is 14.0. The van der Waals surface area contributed by atoms with Gasteiger partial charge >= 0.3 is 0 Å². The summed E-state index contributed by atoms with van der Waals surface area (Å²) < 4.78 is 23.2. The van der Waals surface area contributed by atoms with Gasteiger partial charge in [0, 0.05) is 48.7 Å². The van der Waals surface area contributed by atoms with Crippen LogP contribution in [-0.2, 0) is 20.7 Å². The lowest BCUT2D eigenvalue weighted by atomic mass is 9.81. The standard InChI is InChI=1S/C31H34N6O6/c1-40-26-8-4-7-23(20-26)28-31(30(39)35-37-14-18-41-19-15-37,21-24-6-2-3-9-27(24)34-36-32)33-29(43-28)22-10-12-25(13-11-22)42-17-5-16-38/h2-4,6-13,20,28,38H,5,14-19,21H2,1H3,(H,35,39)/t28-,31-/m0/s1. The van der Waals surface area contributed by atoms with Crippen LogP contribution in [0, 0.1) is 0 Å². The molecule has 2 heterocycles. The number of aliphatic hydroxyl groups is 1. The number of nitrogens with zero attached hydrogens (tertiary/aromatic N) is 5. The molecule has 1 saturated heterocycles. The number of aliphatic imine (C=N–C) groups is 1. The molecule has 2 aliphatic rings. The fourth-order valence-corrected chi connectivity index (χ4v) is 5.10. The van der Waals surface area contributed by atoms with Gasteiger partial charge in [0.1, 0.15) is 11.5 Å². The second-order valence-corrected chi connectivity index (χ2v) is 10.1. The average molecular weight is 587 g/mol. The molecule has 3 aromatic carbocycles. The minimum Gasteiger partial charge on any atom is -0.497 e. The highest BCUT2D eigenvalue weighted by Crippen LogP contribution is 2.44. The van der Waals surface area contributed by atoms with Crippen LogP contribution >= 0.6 is 0 Å². The van der Waals surface area contributed by atoms with Crippen molar-refractivity contribution in [2.45, 2.75) is 24.5 Å². The van der Waals surface area contributed by atoms with E-state index in [2.05, 4.69) is 15.5 Å².